The molecule has 9 heteroatoms. The number of aliphatic hydroxyl groups is 3. The van der Waals surface area contributed by atoms with E-state index in [9.17, 15) is 20.1 Å². The Morgan fingerprint density at radius 3 is 2.33 bits per heavy atom. The van der Waals surface area contributed by atoms with Crippen molar-refractivity contribution in [2.24, 2.45) is 5.41 Å². The van der Waals surface area contributed by atoms with Crippen LogP contribution in [-0.4, -0.2) is 91.6 Å². The topological polar surface area (TPSA) is 124 Å². The van der Waals surface area contributed by atoms with Gasteiger partial charge in [-0.2, -0.15) is 0 Å². The molecule has 2 aliphatic rings. The highest BCUT2D eigenvalue weighted by Crippen LogP contribution is 2.40. The highest BCUT2D eigenvalue weighted by atomic mass is 16.7. The molecule has 1 aliphatic heterocycles. The molecule has 0 unspecified atom stereocenters. The Labute approximate surface area is 214 Å². The molecule has 9 nitrogen and oxygen atoms in total. The van der Waals surface area contributed by atoms with Gasteiger partial charge < -0.3 is 39.0 Å². The molecular weight excluding hydrogens is 468 g/mol. The van der Waals surface area contributed by atoms with Crippen molar-refractivity contribution in [1.82, 2.24) is 0 Å². The molecule has 0 aromatic carbocycles. The molecule has 5 atom stereocenters. The Morgan fingerprint density at radius 2 is 1.67 bits per heavy atom. The molecule has 0 bridgehead atoms. The molecule has 36 heavy (non-hydrogen) atoms. The zero-order valence-electron chi connectivity index (χ0n) is 22.3. The summed E-state index contributed by atoms with van der Waals surface area (Å²) in [7, 11) is 0. The lowest BCUT2D eigenvalue weighted by atomic mass is 9.72. The zero-order valence-corrected chi connectivity index (χ0v) is 22.3. The maximum Gasteiger partial charge on any atom is 0.331 e. The molecule has 1 saturated heterocycles. The summed E-state index contributed by atoms with van der Waals surface area (Å²) in [6, 6.07) is 0. The number of aliphatic hydroxyl groups excluding tert-OH is 3. The first-order valence-corrected chi connectivity index (χ1v) is 12.7. The Balaban J connectivity index is 1.53. The van der Waals surface area contributed by atoms with Crippen LogP contribution in [0.1, 0.15) is 53.9 Å². The third-order valence-corrected chi connectivity index (χ3v) is 6.56. The molecule has 0 aromatic rings. The molecule has 1 aliphatic carbocycles. The average Bonchev–Trinajstić information content (AvgIpc) is 2.81. The lowest BCUT2D eigenvalue weighted by Gasteiger charge is -2.38. The van der Waals surface area contributed by atoms with Gasteiger partial charge in [-0.1, -0.05) is 31.6 Å². The van der Waals surface area contributed by atoms with E-state index in [1.807, 2.05) is 13.0 Å². The van der Waals surface area contributed by atoms with Crippen molar-refractivity contribution < 1.29 is 43.8 Å². The average molecular weight is 513 g/mol. The summed E-state index contributed by atoms with van der Waals surface area (Å²) in [6.45, 7) is 11.6. The highest BCUT2D eigenvalue weighted by molar-refractivity contribution is 5.83. The quantitative estimate of drug-likeness (QED) is 0.148. The van der Waals surface area contributed by atoms with E-state index < -0.39 is 36.7 Å². The first kappa shape index (κ1) is 30.6. The van der Waals surface area contributed by atoms with E-state index in [0.717, 1.165) is 12.0 Å². The fraction of sp³-hybridized carbons (Fsp3) is 0.741. The maximum absolute atomic E-state index is 12.0. The summed E-state index contributed by atoms with van der Waals surface area (Å²) < 4.78 is 26.7. The van der Waals surface area contributed by atoms with Gasteiger partial charge in [0.2, 0.25) is 0 Å². The van der Waals surface area contributed by atoms with Crippen molar-refractivity contribution in [1.29, 1.82) is 0 Å². The Bertz CT molecular complexity index is 786. The van der Waals surface area contributed by atoms with E-state index in [0.29, 0.717) is 13.2 Å². The molecule has 2 rings (SSSR count). The molecule has 3 N–H and O–H groups in total. The van der Waals surface area contributed by atoms with Crippen LogP contribution in [0.2, 0.25) is 0 Å². The molecule has 1 fully saturated rings. The molecule has 0 aromatic heterocycles. The van der Waals surface area contributed by atoms with Gasteiger partial charge in [0.05, 0.1) is 39.1 Å². The van der Waals surface area contributed by atoms with E-state index in [1.165, 1.54) is 30.1 Å². The molecule has 0 amide bonds. The van der Waals surface area contributed by atoms with Gasteiger partial charge in [-0.05, 0) is 56.6 Å². The highest BCUT2D eigenvalue weighted by Gasteiger charge is 2.42. The monoisotopic (exact) mass is 512 g/mol. The second-order valence-electron chi connectivity index (χ2n) is 10.1. The standard InChI is InChI=1S/C27H44O9/c1-18(8-9-21-19(2)7-6-10-27(21,4)5)17-22(28)34-15-13-32-11-12-33-14-16-35-26-25(31)24(30)23(29)20(3)36-26/h8-9,17,20,23-26,29-31H,6-7,10-16H2,1-5H3/b9-8+,18-17+/t20-,23-,24+,25+,26+/m0/s1. The SMILES string of the molecule is CC1=C(/C=C/C(C)=C/C(=O)OCCOCCOCCO[C@@H]2O[C@@H](C)[C@H](O)[C@@H](O)[C@H]2O)C(C)(C)CCC1. The van der Waals surface area contributed by atoms with Gasteiger partial charge in [0.15, 0.2) is 6.29 Å². The second kappa shape index (κ2) is 15.0. The second-order valence-corrected chi connectivity index (χ2v) is 10.1. The van der Waals surface area contributed by atoms with E-state index in [2.05, 4.69) is 26.8 Å². The predicted octanol–water partition coefficient (Wildman–Crippen LogP) is 2.44. The van der Waals surface area contributed by atoms with Crippen molar-refractivity contribution >= 4 is 5.97 Å². The van der Waals surface area contributed by atoms with Crippen LogP contribution in [0.25, 0.3) is 0 Å². The minimum absolute atomic E-state index is 0.142. The van der Waals surface area contributed by atoms with Crippen LogP contribution in [0.3, 0.4) is 0 Å². The summed E-state index contributed by atoms with van der Waals surface area (Å²) in [6.07, 6.45) is 3.60. The number of ether oxygens (including phenoxy) is 5. The number of rotatable bonds is 13. The molecule has 1 heterocycles. The molecule has 0 spiro atoms. The van der Waals surface area contributed by atoms with Crippen LogP contribution in [0, 0.1) is 5.41 Å². The van der Waals surface area contributed by atoms with Gasteiger partial charge >= 0.3 is 5.97 Å². The van der Waals surface area contributed by atoms with Crippen molar-refractivity contribution in [2.75, 3.05) is 39.6 Å². The van der Waals surface area contributed by atoms with Crippen LogP contribution in [0.5, 0.6) is 0 Å². The number of hydrogen-bond donors (Lipinski definition) is 3. The minimum atomic E-state index is -1.33. The third-order valence-electron chi connectivity index (χ3n) is 6.56. The van der Waals surface area contributed by atoms with Gasteiger partial charge in [-0.3, -0.25) is 0 Å². The Kier molecular flexibility index (Phi) is 12.7. The third kappa shape index (κ3) is 9.70. The number of carbonyl (C=O) groups is 1. The number of esters is 1. The summed E-state index contributed by atoms with van der Waals surface area (Å²) in [4.78, 5) is 12.0. The van der Waals surface area contributed by atoms with E-state index in [4.69, 9.17) is 23.7 Å². The lowest BCUT2D eigenvalue weighted by Crippen LogP contribution is -2.57. The predicted molar refractivity (Wildman–Crippen MR) is 134 cm³/mol. The number of hydrogen-bond acceptors (Lipinski definition) is 9. The zero-order chi connectivity index (χ0) is 26.7. The van der Waals surface area contributed by atoms with Crippen molar-refractivity contribution in [3.05, 3.63) is 34.9 Å². The van der Waals surface area contributed by atoms with Crippen LogP contribution in [-0.2, 0) is 28.5 Å². The van der Waals surface area contributed by atoms with E-state index >= 15 is 0 Å². The molecule has 206 valence electrons. The normalized spacial score (nSPS) is 29.1. The van der Waals surface area contributed by atoms with Gasteiger partial charge in [0.1, 0.15) is 24.9 Å². The molecular formula is C27H44O9. The number of carbonyl (C=O) groups excluding carboxylic acids is 1. The van der Waals surface area contributed by atoms with E-state index in [1.54, 1.807) is 6.92 Å². The van der Waals surface area contributed by atoms with Crippen molar-refractivity contribution in [3.8, 4) is 0 Å². The van der Waals surface area contributed by atoms with E-state index in [-0.39, 0.29) is 31.8 Å². The van der Waals surface area contributed by atoms with Crippen LogP contribution < -0.4 is 0 Å². The van der Waals surface area contributed by atoms with Crippen molar-refractivity contribution in [2.45, 2.75) is 84.6 Å². The minimum Gasteiger partial charge on any atom is -0.460 e. The smallest absolute Gasteiger partial charge is 0.331 e. The van der Waals surface area contributed by atoms with Gasteiger partial charge in [-0.15, -0.1) is 0 Å². The lowest BCUT2D eigenvalue weighted by molar-refractivity contribution is -0.294. The van der Waals surface area contributed by atoms with Gasteiger partial charge in [-0.25, -0.2) is 4.79 Å². The maximum atomic E-state index is 12.0. The fourth-order valence-electron chi connectivity index (χ4n) is 4.40. The Morgan fingerprint density at radius 1 is 1.03 bits per heavy atom. The van der Waals surface area contributed by atoms with Gasteiger partial charge in [0, 0.05) is 6.08 Å². The first-order valence-electron chi connectivity index (χ1n) is 12.7. The Hall–Kier alpha value is -1.59. The largest absolute Gasteiger partial charge is 0.460 e. The molecule has 0 radical (unpaired) electrons. The van der Waals surface area contributed by atoms with Gasteiger partial charge in [0.25, 0.3) is 0 Å². The summed E-state index contributed by atoms with van der Waals surface area (Å²) >= 11 is 0. The van der Waals surface area contributed by atoms with Crippen molar-refractivity contribution in [3.63, 3.8) is 0 Å². The molecule has 0 saturated carbocycles. The summed E-state index contributed by atoms with van der Waals surface area (Å²) in [5.74, 6) is -0.401. The number of allylic oxidation sites excluding steroid dienone is 5. The first-order chi connectivity index (χ1) is 17.0. The van der Waals surface area contributed by atoms with Crippen LogP contribution >= 0.6 is 0 Å². The summed E-state index contributed by atoms with van der Waals surface area (Å²) in [5, 5.41) is 29.3. The summed E-state index contributed by atoms with van der Waals surface area (Å²) in [5.41, 5.74) is 3.76. The van der Waals surface area contributed by atoms with Crippen LogP contribution in [0.15, 0.2) is 34.9 Å². The fourth-order valence-corrected chi connectivity index (χ4v) is 4.40. The van der Waals surface area contributed by atoms with Crippen LogP contribution in [0.4, 0.5) is 0 Å².